The number of cyclic esters (lactones) is 2. The third-order valence-electron chi connectivity index (χ3n) is 2.35. The molecule has 0 aromatic carbocycles. The number of hydrogen-bond acceptors (Lipinski definition) is 3. The van der Waals surface area contributed by atoms with Gasteiger partial charge in [-0.2, -0.15) is 0 Å². The molecule has 1 unspecified atom stereocenters. The number of rotatable bonds is 4. The van der Waals surface area contributed by atoms with Crippen molar-refractivity contribution in [3.8, 4) is 0 Å². The molecule has 0 saturated carbocycles. The van der Waals surface area contributed by atoms with Gasteiger partial charge in [0.15, 0.2) is 0 Å². The zero-order chi connectivity index (χ0) is 10.4. The van der Waals surface area contributed by atoms with Crippen molar-refractivity contribution in [2.75, 3.05) is 6.61 Å². The van der Waals surface area contributed by atoms with Gasteiger partial charge >= 0.3 is 6.16 Å². The van der Waals surface area contributed by atoms with Gasteiger partial charge in [-0.1, -0.05) is 32.4 Å². The van der Waals surface area contributed by atoms with Crippen molar-refractivity contribution in [2.24, 2.45) is 5.92 Å². The number of ether oxygens (including phenoxy) is 2. The average Bonchev–Trinajstić information content (AvgIpc) is 2.18. The van der Waals surface area contributed by atoms with Gasteiger partial charge in [-0.3, -0.25) is 0 Å². The zero-order valence-corrected chi connectivity index (χ0v) is 8.86. The van der Waals surface area contributed by atoms with Crippen molar-refractivity contribution in [3.63, 3.8) is 0 Å². The van der Waals surface area contributed by atoms with E-state index in [4.69, 9.17) is 9.47 Å². The standard InChI is InChI=1S/C11H18O3/c1-3-4-5-6-9(2)10-7-8-13-11(12)14-10/h5-6,9-10H,3-4,7-8H2,1-2H3/b6-5+/t9-,10?/m0/s1. The van der Waals surface area contributed by atoms with Gasteiger partial charge in [0.2, 0.25) is 0 Å². The van der Waals surface area contributed by atoms with E-state index in [0.29, 0.717) is 6.61 Å². The van der Waals surface area contributed by atoms with Crippen molar-refractivity contribution in [2.45, 2.75) is 39.2 Å². The third-order valence-corrected chi connectivity index (χ3v) is 2.35. The quantitative estimate of drug-likeness (QED) is 0.514. The van der Waals surface area contributed by atoms with E-state index in [1.54, 1.807) is 0 Å². The fourth-order valence-corrected chi connectivity index (χ4v) is 1.45. The molecule has 0 radical (unpaired) electrons. The van der Waals surface area contributed by atoms with Gasteiger partial charge in [0.1, 0.15) is 6.10 Å². The molecule has 1 aliphatic rings. The topological polar surface area (TPSA) is 35.5 Å². The summed E-state index contributed by atoms with van der Waals surface area (Å²) in [4.78, 5) is 10.8. The molecular formula is C11H18O3. The fourth-order valence-electron chi connectivity index (χ4n) is 1.45. The SMILES string of the molecule is CCC/C=C/[C@H](C)C1CCOC(=O)O1. The maximum atomic E-state index is 10.8. The highest BCUT2D eigenvalue weighted by atomic mass is 16.7. The monoisotopic (exact) mass is 198 g/mol. The van der Waals surface area contributed by atoms with Crippen molar-refractivity contribution in [1.82, 2.24) is 0 Å². The summed E-state index contributed by atoms with van der Waals surface area (Å²) in [5.74, 6) is 0.286. The molecule has 0 spiro atoms. The summed E-state index contributed by atoms with van der Waals surface area (Å²) in [6.07, 6.45) is 6.75. The smallest absolute Gasteiger partial charge is 0.434 e. The first-order chi connectivity index (χ1) is 6.74. The number of allylic oxidation sites excluding steroid dienone is 1. The maximum absolute atomic E-state index is 10.8. The Balaban J connectivity index is 2.35. The predicted octanol–water partition coefficient (Wildman–Crippen LogP) is 2.90. The molecule has 1 rings (SSSR count). The van der Waals surface area contributed by atoms with Gasteiger partial charge in [0.25, 0.3) is 0 Å². The van der Waals surface area contributed by atoms with Crippen molar-refractivity contribution in [1.29, 1.82) is 0 Å². The normalized spacial score (nSPS) is 24.4. The molecule has 0 aromatic rings. The van der Waals surface area contributed by atoms with Gasteiger partial charge < -0.3 is 9.47 Å². The minimum atomic E-state index is -0.531. The Kier molecular flexibility index (Phi) is 4.50. The molecule has 0 N–H and O–H groups in total. The molecule has 1 aliphatic heterocycles. The van der Waals surface area contributed by atoms with Crippen LogP contribution in [0.25, 0.3) is 0 Å². The Morgan fingerprint density at radius 1 is 1.64 bits per heavy atom. The summed E-state index contributed by atoms with van der Waals surface area (Å²) < 4.78 is 9.77. The lowest BCUT2D eigenvalue weighted by Crippen LogP contribution is -2.31. The first-order valence-electron chi connectivity index (χ1n) is 5.24. The van der Waals surface area contributed by atoms with Crippen LogP contribution in [0.5, 0.6) is 0 Å². The lowest BCUT2D eigenvalue weighted by Gasteiger charge is -2.25. The van der Waals surface area contributed by atoms with Gasteiger partial charge in [0, 0.05) is 12.3 Å². The maximum Gasteiger partial charge on any atom is 0.508 e. The van der Waals surface area contributed by atoms with Gasteiger partial charge in [0.05, 0.1) is 6.61 Å². The minimum absolute atomic E-state index is 0.00986. The minimum Gasteiger partial charge on any atom is -0.434 e. The molecule has 0 aliphatic carbocycles. The van der Waals surface area contributed by atoms with E-state index < -0.39 is 6.16 Å². The molecule has 3 heteroatoms. The number of carbonyl (C=O) groups excluding carboxylic acids is 1. The summed E-state index contributed by atoms with van der Waals surface area (Å²) in [6, 6.07) is 0. The Bertz CT molecular complexity index is 211. The van der Waals surface area contributed by atoms with E-state index in [9.17, 15) is 4.79 Å². The van der Waals surface area contributed by atoms with E-state index in [2.05, 4.69) is 26.0 Å². The second-order valence-electron chi connectivity index (χ2n) is 3.62. The second-order valence-corrected chi connectivity index (χ2v) is 3.62. The molecular weight excluding hydrogens is 180 g/mol. The Labute approximate surface area is 85.1 Å². The summed E-state index contributed by atoms with van der Waals surface area (Å²) in [6.45, 7) is 4.69. The van der Waals surface area contributed by atoms with Gasteiger partial charge in [-0.15, -0.1) is 0 Å². The molecule has 14 heavy (non-hydrogen) atoms. The molecule has 3 nitrogen and oxygen atoms in total. The Morgan fingerprint density at radius 3 is 3.07 bits per heavy atom. The van der Waals surface area contributed by atoms with E-state index >= 15 is 0 Å². The summed E-state index contributed by atoms with van der Waals surface area (Å²) >= 11 is 0. The van der Waals surface area contributed by atoms with Crippen molar-refractivity contribution in [3.05, 3.63) is 12.2 Å². The number of hydrogen-bond donors (Lipinski definition) is 0. The molecule has 2 atom stereocenters. The van der Waals surface area contributed by atoms with Crippen LogP contribution in [0.3, 0.4) is 0 Å². The summed E-state index contributed by atoms with van der Waals surface area (Å²) in [5.41, 5.74) is 0. The van der Waals surface area contributed by atoms with Crippen LogP contribution in [0.1, 0.15) is 33.1 Å². The fraction of sp³-hybridized carbons (Fsp3) is 0.727. The summed E-state index contributed by atoms with van der Waals surface area (Å²) in [7, 11) is 0. The summed E-state index contributed by atoms with van der Waals surface area (Å²) in [5, 5.41) is 0. The van der Waals surface area contributed by atoms with Gasteiger partial charge in [-0.25, -0.2) is 4.79 Å². The van der Waals surface area contributed by atoms with Crippen LogP contribution in [-0.4, -0.2) is 18.9 Å². The van der Waals surface area contributed by atoms with Crippen LogP contribution >= 0.6 is 0 Å². The highest BCUT2D eigenvalue weighted by molar-refractivity contribution is 5.60. The molecule has 0 bridgehead atoms. The van der Waals surface area contributed by atoms with Crippen LogP contribution in [0.15, 0.2) is 12.2 Å². The lowest BCUT2D eigenvalue weighted by atomic mass is 10.0. The number of unbranched alkanes of at least 4 members (excludes halogenated alkanes) is 1. The van der Waals surface area contributed by atoms with Gasteiger partial charge in [-0.05, 0) is 6.42 Å². The molecule has 1 saturated heterocycles. The highest BCUT2D eigenvalue weighted by Gasteiger charge is 2.25. The number of carbonyl (C=O) groups is 1. The zero-order valence-electron chi connectivity index (χ0n) is 8.86. The molecule has 0 aromatic heterocycles. The predicted molar refractivity (Wildman–Crippen MR) is 54.1 cm³/mol. The first kappa shape index (κ1) is 11.1. The van der Waals surface area contributed by atoms with E-state index in [1.807, 2.05) is 0 Å². The molecule has 1 heterocycles. The Morgan fingerprint density at radius 2 is 2.43 bits per heavy atom. The van der Waals surface area contributed by atoms with E-state index in [1.165, 1.54) is 0 Å². The van der Waals surface area contributed by atoms with Crippen molar-refractivity contribution >= 4 is 6.16 Å². The average molecular weight is 198 g/mol. The van der Waals surface area contributed by atoms with Crippen LogP contribution in [-0.2, 0) is 9.47 Å². The van der Waals surface area contributed by atoms with Crippen LogP contribution in [0.4, 0.5) is 4.79 Å². The van der Waals surface area contributed by atoms with E-state index in [0.717, 1.165) is 19.3 Å². The lowest BCUT2D eigenvalue weighted by molar-refractivity contribution is -0.0345. The highest BCUT2D eigenvalue weighted by Crippen LogP contribution is 2.18. The Hall–Kier alpha value is -0.990. The van der Waals surface area contributed by atoms with Crippen LogP contribution < -0.4 is 0 Å². The first-order valence-corrected chi connectivity index (χ1v) is 5.24. The largest absolute Gasteiger partial charge is 0.508 e. The third kappa shape index (κ3) is 3.40. The second kappa shape index (κ2) is 5.68. The molecule has 0 amide bonds. The van der Waals surface area contributed by atoms with E-state index in [-0.39, 0.29) is 12.0 Å². The van der Waals surface area contributed by atoms with Crippen molar-refractivity contribution < 1.29 is 14.3 Å². The van der Waals surface area contributed by atoms with Crippen LogP contribution in [0, 0.1) is 5.92 Å². The molecule has 80 valence electrons. The van der Waals surface area contributed by atoms with Crippen LogP contribution in [0.2, 0.25) is 0 Å². The molecule has 1 fully saturated rings.